The van der Waals surface area contributed by atoms with E-state index < -0.39 is 11.4 Å². The van der Waals surface area contributed by atoms with Gasteiger partial charge in [-0.05, 0) is 19.4 Å². The zero-order chi connectivity index (χ0) is 14.9. The van der Waals surface area contributed by atoms with Crippen LogP contribution in [-0.4, -0.2) is 60.4 Å². The van der Waals surface area contributed by atoms with Gasteiger partial charge in [0.15, 0.2) is 0 Å². The molecule has 0 aromatic carbocycles. The van der Waals surface area contributed by atoms with Gasteiger partial charge in [-0.2, -0.15) is 4.98 Å². The number of carboxylic acid groups (broad SMARTS) is 1. The predicted octanol–water partition coefficient (Wildman–Crippen LogP) is 0.614. The number of carbonyl (C=O) groups is 1. The van der Waals surface area contributed by atoms with Crippen LogP contribution in [0, 0.1) is 5.41 Å². The Kier molecular flexibility index (Phi) is 3.67. The summed E-state index contributed by atoms with van der Waals surface area (Å²) in [6.45, 7) is 5.94. The van der Waals surface area contributed by atoms with Crippen molar-refractivity contribution in [1.82, 2.24) is 9.97 Å². The standard InChI is InChI=1S/C14H20N4O3/c1-14(12(19)20)3-5-18(10-14)11-2-4-15-13(16-11)17-6-8-21-9-7-17/h2,4H,3,5-10H2,1H3,(H,19,20). The van der Waals surface area contributed by atoms with Crippen LogP contribution < -0.4 is 9.80 Å². The molecule has 2 fully saturated rings. The highest BCUT2D eigenvalue weighted by Crippen LogP contribution is 2.32. The molecule has 114 valence electrons. The van der Waals surface area contributed by atoms with Crippen molar-refractivity contribution in [3.63, 3.8) is 0 Å². The highest BCUT2D eigenvalue weighted by Gasteiger charge is 2.41. The second kappa shape index (κ2) is 5.48. The summed E-state index contributed by atoms with van der Waals surface area (Å²) in [5.74, 6) is 0.753. The smallest absolute Gasteiger partial charge is 0.311 e. The Morgan fingerprint density at radius 2 is 2.10 bits per heavy atom. The lowest BCUT2D eigenvalue weighted by molar-refractivity contribution is -0.146. The van der Waals surface area contributed by atoms with Crippen LogP contribution in [0.2, 0.25) is 0 Å². The lowest BCUT2D eigenvalue weighted by Crippen LogP contribution is -2.37. The number of aromatic nitrogens is 2. The van der Waals surface area contributed by atoms with Crippen molar-refractivity contribution in [2.24, 2.45) is 5.41 Å². The molecule has 1 atom stereocenters. The second-order valence-corrected chi connectivity index (χ2v) is 5.85. The van der Waals surface area contributed by atoms with Crippen molar-refractivity contribution in [1.29, 1.82) is 0 Å². The lowest BCUT2D eigenvalue weighted by Gasteiger charge is -2.28. The van der Waals surface area contributed by atoms with Crippen molar-refractivity contribution >= 4 is 17.7 Å². The molecule has 2 saturated heterocycles. The Bertz CT molecular complexity index is 533. The first-order valence-corrected chi connectivity index (χ1v) is 7.23. The number of ether oxygens (including phenoxy) is 1. The fourth-order valence-corrected chi connectivity index (χ4v) is 2.76. The van der Waals surface area contributed by atoms with Gasteiger partial charge in [-0.15, -0.1) is 0 Å². The van der Waals surface area contributed by atoms with Crippen molar-refractivity contribution in [2.75, 3.05) is 49.2 Å². The van der Waals surface area contributed by atoms with Crippen LogP contribution in [0.5, 0.6) is 0 Å². The number of anilines is 2. The number of nitrogens with zero attached hydrogens (tertiary/aromatic N) is 4. The molecule has 0 spiro atoms. The summed E-state index contributed by atoms with van der Waals surface area (Å²) in [6, 6.07) is 1.84. The van der Waals surface area contributed by atoms with Crippen molar-refractivity contribution < 1.29 is 14.6 Å². The minimum atomic E-state index is -0.743. The summed E-state index contributed by atoms with van der Waals surface area (Å²) < 4.78 is 5.33. The van der Waals surface area contributed by atoms with Crippen LogP contribution in [0.15, 0.2) is 12.3 Å². The summed E-state index contributed by atoms with van der Waals surface area (Å²) in [7, 11) is 0. The number of hydrogen-bond acceptors (Lipinski definition) is 6. The fraction of sp³-hybridized carbons (Fsp3) is 0.643. The molecular weight excluding hydrogens is 272 g/mol. The average molecular weight is 292 g/mol. The molecule has 0 bridgehead atoms. The zero-order valence-corrected chi connectivity index (χ0v) is 12.2. The molecule has 2 aliphatic heterocycles. The molecule has 1 unspecified atom stereocenters. The van der Waals surface area contributed by atoms with E-state index in [4.69, 9.17) is 4.74 Å². The van der Waals surface area contributed by atoms with Gasteiger partial charge in [0.1, 0.15) is 5.82 Å². The Morgan fingerprint density at radius 3 is 2.76 bits per heavy atom. The second-order valence-electron chi connectivity index (χ2n) is 5.85. The molecule has 1 aromatic heterocycles. The van der Waals surface area contributed by atoms with E-state index in [2.05, 4.69) is 14.9 Å². The average Bonchev–Trinajstić information content (AvgIpc) is 2.92. The van der Waals surface area contributed by atoms with Gasteiger partial charge < -0.3 is 19.6 Å². The number of aliphatic carboxylic acids is 1. The van der Waals surface area contributed by atoms with E-state index in [1.807, 2.05) is 11.0 Å². The van der Waals surface area contributed by atoms with E-state index in [0.717, 1.165) is 18.9 Å². The van der Waals surface area contributed by atoms with E-state index in [9.17, 15) is 9.90 Å². The van der Waals surface area contributed by atoms with Crippen LogP contribution >= 0.6 is 0 Å². The van der Waals surface area contributed by atoms with Gasteiger partial charge in [-0.3, -0.25) is 4.79 Å². The van der Waals surface area contributed by atoms with Gasteiger partial charge >= 0.3 is 5.97 Å². The minimum absolute atomic E-state index is 0.488. The molecule has 7 heteroatoms. The summed E-state index contributed by atoms with van der Waals surface area (Å²) in [5.41, 5.74) is -0.690. The van der Waals surface area contributed by atoms with Crippen LogP contribution in [0.1, 0.15) is 13.3 Å². The Balaban J connectivity index is 1.76. The predicted molar refractivity (Wildman–Crippen MR) is 77.6 cm³/mol. The summed E-state index contributed by atoms with van der Waals surface area (Å²) in [6.07, 6.45) is 2.38. The molecule has 0 amide bonds. The number of carboxylic acids is 1. The summed E-state index contributed by atoms with van der Waals surface area (Å²) >= 11 is 0. The van der Waals surface area contributed by atoms with Crippen LogP contribution in [-0.2, 0) is 9.53 Å². The van der Waals surface area contributed by atoms with Crippen LogP contribution in [0.3, 0.4) is 0 Å². The van der Waals surface area contributed by atoms with Gasteiger partial charge in [0.2, 0.25) is 5.95 Å². The molecule has 0 radical (unpaired) electrons. The maximum absolute atomic E-state index is 11.3. The van der Waals surface area contributed by atoms with E-state index in [0.29, 0.717) is 38.7 Å². The Hall–Kier alpha value is -1.89. The molecule has 3 heterocycles. The maximum atomic E-state index is 11.3. The third kappa shape index (κ3) is 2.78. The normalized spacial score (nSPS) is 26.1. The highest BCUT2D eigenvalue weighted by atomic mass is 16.5. The first-order valence-electron chi connectivity index (χ1n) is 7.23. The monoisotopic (exact) mass is 292 g/mol. The zero-order valence-electron chi connectivity index (χ0n) is 12.2. The third-order valence-corrected chi connectivity index (χ3v) is 4.24. The quantitative estimate of drug-likeness (QED) is 0.874. The number of hydrogen-bond donors (Lipinski definition) is 1. The molecule has 1 N–H and O–H groups in total. The van der Waals surface area contributed by atoms with Crippen LogP contribution in [0.25, 0.3) is 0 Å². The molecule has 7 nitrogen and oxygen atoms in total. The fourth-order valence-electron chi connectivity index (χ4n) is 2.76. The van der Waals surface area contributed by atoms with E-state index in [-0.39, 0.29) is 0 Å². The van der Waals surface area contributed by atoms with Gasteiger partial charge in [0.05, 0.1) is 18.6 Å². The van der Waals surface area contributed by atoms with Gasteiger partial charge in [-0.1, -0.05) is 0 Å². The number of rotatable bonds is 3. The molecule has 0 aliphatic carbocycles. The van der Waals surface area contributed by atoms with Gasteiger partial charge in [-0.25, -0.2) is 4.98 Å². The maximum Gasteiger partial charge on any atom is 0.311 e. The van der Waals surface area contributed by atoms with Crippen molar-refractivity contribution in [2.45, 2.75) is 13.3 Å². The van der Waals surface area contributed by atoms with Gasteiger partial charge in [0.25, 0.3) is 0 Å². The Morgan fingerprint density at radius 1 is 1.33 bits per heavy atom. The summed E-state index contributed by atoms with van der Waals surface area (Å²) in [5, 5.41) is 9.31. The van der Waals surface area contributed by atoms with Crippen molar-refractivity contribution in [3.05, 3.63) is 12.3 Å². The van der Waals surface area contributed by atoms with Crippen molar-refractivity contribution in [3.8, 4) is 0 Å². The molecule has 21 heavy (non-hydrogen) atoms. The van der Waals surface area contributed by atoms with E-state index in [1.54, 1.807) is 13.1 Å². The van der Waals surface area contributed by atoms with E-state index >= 15 is 0 Å². The first kappa shape index (κ1) is 14.1. The Labute approximate surface area is 123 Å². The topological polar surface area (TPSA) is 78.8 Å². The summed E-state index contributed by atoms with van der Waals surface area (Å²) in [4.78, 5) is 24.4. The molecule has 0 saturated carbocycles. The molecule has 3 rings (SSSR count). The largest absolute Gasteiger partial charge is 0.481 e. The lowest BCUT2D eigenvalue weighted by atomic mass is 9.90. The van der Waals surface area contributed by atoms with Gasteiger partial charge in [0, 0.05) is 32.4 Å². The minimum Gasteiger partial charge on any atom is -0.481 e. The SMILES string of the molecule is CC1(C(=O)O)CCN(c2ccnc(N3CCOCC3)n2)C1. The molecule has 1 aromatic rings. The third-order valence-electron chi connectivity index (χ3n) is 4.24. The molecular formula is C14H20N4O3. The van der Waals surface area contributed by atoms with Crippen LogP contribution in [0.4, 0.5) is 11.8 Å². The molecule has 2 aliphatic rings. The highest BCUT2D eigenvalue weighted by molar-refractivity contribution is 5.76. The number of morpholine rings is 1. The van der Waals surface area contributed by atoms with E-state index in [1.165, 1.54) is 0 Å². The first-order chi connectivity index (χ1) is 10.1.